The molecular weight excluding hydrogens is 320 g/mol. The normalized spacial score (nSPS) is 10.7. The average molecular weight is 333 g/mol. The summed E-state index contributed by atoms with van der Waals surface area (Å²) in [6.07, 6.45) is 2.62. The summed E-state index contributed by atoms with van der Waals surface area (Å²) < 4.78 is 6.62. The zero-order valence-corrected chi connectivity index (χ0v) is 12.2. The molecule has 4 heteroatoms. The van der Waals surface area contributed by atoms with Crippen LogP contribution in [0.3, 0.4) is 0 Å². The Labute approximate surface area is 125 Å². The molecule has 0 aliphatic rings. The molecule has 0 aromatic heterocycles. The summed E-state index contributed by atoms with van der Waals surface area (Å²) in [7, 11) is 0. The molecule has 2 aromatic carbocycles. The highest BCUT2D eigenvalue weighted by Crippen LogP contribution is 2.25. The lowest BCUT2D eigenvalue weighted by atomic mass is 10.2. The molecule has 2 aromatic rings. The third kappa shape index (κ3) is 4.24. The predicted octanol–water partition coefficient (Wildman–Crippen LogP) is 4.13. The maximum absolute atomic E-state index is 10.6. The summed E-state index contributed by atoms with van der Waals surface area (Å²) in [5.41, 5.74) is 1.78. The minimum Gasteiger partial charge on any atom is -0.488 e. The number of benzene rings is 2. The van der Waals surface area contributed by atoms with Crippen LogP contribution in [0.4, 0.5) is 0 Å². The summed E-state index contributed by atoms with van der Waals surface area (Å²) in [4.78, 5) is 10.6. The predicted molar refractivity (Wildman–Crippen MR) is 81.6 cm³/mol. The molecule has 20 heavy (non-hydrogen) atoms. The Morgan fingerprint density at radius 1 is 1.20 bits per heavy atom. The SMILES string of the molecule is O=C(O)C=Cc1cc(Br)ccc1OCc1ccccc1. The van der Waals surface area contributed by atoms with E-state index in [0.717, 1.165) is 21.7 Å². The number of hydrogen-bond donors (Lipinski definition) is 1. The maximum atomic E-state index is 10.6. The first-order valence-electron chi connectivity index (χ1n) is 6.02. The number of carboxylic acid groups (broad SMARTS) is 1. The monoisotopic (exact) mass is 332 g/mol. The Morgan fingerprint density at radius 2 is 1.95 bits per heavy atom. The van der Waals surface area contributed by atoms with Gasteiger partial charge in [-0.25, -0.2) is 4.79 Å². The molecule has 0 spiro atoms. The van der Waals surface area contributed by atoms with Crippen molar-refractivity contribution in [3.8, 4) is 5.75 Å². The van der Waals surface area contributed by atoms with Gasteiger partial charge in [0.1, 0.15) is 12.4 Å². The summed E-state index contributed by atoms with van der Waals surface area (Å²) >= 11 is 3.36. The molecule has 0 aliphatic heterocycles. The second-order valence-corrected chi connectivity index (χ2v) is 5.04. The fraction of sp³-hybridized carbons (Fsp3) is 0.0625. The largest absolute Gasteiger partial charge is 0.488 e. The second-order valence-electron chi connectivity index (χ2n) is 4.13. The molecule has 102 valence electrons. The molecule has 0 unspecified atom stereocenters. The molecule has 0 aliphatic carbocycles. The molecule has 2 rings (SSSR count). The first-order valence-corrected chi connectivity index (χ1v) is 6.82. The average Bonchev–Trinajstić information content (AvgIpc) is 2.45. The molecule has 1 N–H and O–H groups in total. The minimum atomic E-state index is -0.987. The number of halogens is 1. The van der Waals surface area contributed by atoms with E-state index < -0.39 is 5.97 Å². The van der Waals surface area contributed by atoms with Gasteiger partial charge in [0.25, 0.3) is 0 Å². The van der Waals surface area contributed by atoms with Gasteiger partial charge < -0.3 is 9.84 Å². The van der Waals surface area contributed by atoms with Crippen LogP contribution in [-0.2, 0) is 11.4 Å². The van der Waals surface area contributed by atoms with Gasteiger partial charge in [0.05, 0.1) is 0 Å². The minimum absolute atomic E-state index is 0.441. The van der Waals surface area contributed by atoms with Gasteiger partial charge >= 0.3 is 5.97 Å². The molecule has 0 atom stereocenters. The fourth-order valence-corrected chi connectivity index (χ4v) is 2.06. The zero-order valence-electron chi connectivity index (χ0n) is 10.6. The van der Waals surface area contributed by atoms with Crippen molar-refractivity contribution in [2.75, 3.05) is 0 Å². The van der Waals surface area contributed by atoms with Gasteiger partial charge in [-0.05, 0) is 29.8 Å². The van der Waals surface area contributed by atoms with E-state index in [1.54, 1.807) is 0 Å². The van der Waals surface area contributed by atoms with Gasteiger partial charge in [0, 0.05) is 16.1 Å². The van der Waals surface area contributed by atoms with Crippen molar-refractivity contribution < 1.29 is 14.6 Å². The van der Waals surface area contributed by atoms with Gasteiger partial charge in [0.2, 0.25) is 0 Å². The lowest BCUT2D eigenvalue weighted by Gasteiger charge is -2.09. The van der Waals surface area contributed by atoms with Gasteiger partial charge in [-0.1, -0.05) is 46.3 Å². The van der Waals surface area contributed by atoms with Crippen LogP contribution in [0, 0.1) is 0 Å². The number of aliphatic carboxylic acids is 1. The summed E-state index contributed by atoms with van der Waals surface area (Å²) in [6.45, 7) is 0.441. The molecule has 3 nitrogen and oxygen atoms in total. The van der Waals surface area contributed by atoms with E-state index in [0.29, 0.717) is 12.4 Å². The van der Waals surface area contributed by atoms with E-state index in [4.69, 9.17) is 9.84 Å². The van der Waals surface area contributed by atoms with Crippen LogP contribution in [0.5, 0.6) is 5.75 Å². The highest BCUT2D eigenvalue weighted by atomic mass is 79.9. The Balaban J connectivity index is 2.16. The Bertz CT molecular complexity index is 621. The molecule has 0 heterocycles. The summed E-state index contributed by atoms with van der Waals surface area (Å²) in [5.74, 6) is -0.339. The van der Waals surface area contributed by atoms with Crippen LogP contribution in [0.2, 0.25) is 0 Å². The van der Waals surface area contributed by atoms with Crippen molar-refractivity contribution in [1.82, 2.24) is 0 Å². The maximum Gasteiger partial charge on any atom is 0.328 e. The van der Waals surface area contributed by atoms with Crippen molar-refractivity contribution in [3.63, 3.8) is 0 Å². The smallest absolute Gasteiger partial charge is 0.328 e. The lowest BCUT2D eigenvalue weighted by Crippen LogP contribution is -1.97. The standard InChI is InChI=1S/C16H13BrO3/c17-14-7-8-15(13(10-14)6-9-16(18)19)20-11-12-4-2-1-3-5-12/h1-10H,11H2,(H,18,19). The van der Waals surface area contributed by atoms with E-state index in [-0.39, 0.29) is 0 Å². The van der Waals surface area contributed by atoms with E-state index in [1.165, 1.54) is 6.08 Å². The number of carbonyl (C=O) groups is 1. The second kappa shape index (κ2) is 6.91. The molecule has 0 amide bonds. The zero-order chi connectivity index (χ0) is 14.4. The summed E-state index contributed by atoms with van der Waals surface area (Å²) in [5, 5.41) is 8.70. The van der Waals surface area contributed by atoms with Crippen molar-refractivity contribution in [3.05, 3.63) is 70.2 Å². The third-order valence-electron chi connectivity index (χ3n) is 2.61. The third-order valence-corrected chi connectivity index (χ3v) is 3.11. The highest BCUT2D eigenvalue weighted by molar-refractivity contribution is 9.10. The molecule has 0 radical (unpaired) electrons. The molecule has 0 saturated carbocycles. The van der Waals surface area contributed by atoms with Crippen LogP contribution in [-0.4, -0.2) is 11.1 Å². The van der Waals surface area contributed by atoms with Crippen molar-refractivity contribution in [2.45, 2.75) is 6.61 Å². The quantitative estimate of drug-likeness (QED) is 0.837. The van der Waals surface area contributed by atoms with Crippen LogP contribution in [0.15, 0.2) is 59.1 Å². The molecule has 0 fully saturated rings. The van der Waals surface area contributed by atoms with Gasteiger partial charge in [-0.2, -0.15) is 0 Å². The number of hydrogen-bond acceptors (Lipinski definition) is 2. The first kappa shape index (κ1) is 14.3. The van der Waals surface area contributed by atoms with Crippen LogP contribution >= 0.6 is 15.9 Å². The van der Waals surface area contributed by atoms with Crippen molar-refractivity contribution in [1.29, 1.82) is 0 Å². The van der Waals surface area contributed by atoms with E-state index in [9.17, 15) is 4.79 Å². The Kier molecular flexibility index (Phi) is 4.96. The van der Waals surface area contributed by atoms with Crippen molar-refractivity contribution >= 4 is 28.0 Å². The topological polar surface area (TPSA) is 46.5 Å². The first-order chi connectivity index (χ1) is 9.65. The lowest BCUT2D eigenvalue weighted by molar-refractivity contribution is -0.131. The number of rotatable bonds is 5. The van der Waals surface area contributed by atoms with Gasteiger partial charge in [-0.3, -0.25) is 0 Å². The Hall–Kier alpha value is -2.07. The highest BCUT2D eigenvalue weighted by Gasteiger charge is 2.03. The van der Waals surface area contributed by atoms with Crippen LogP contribution < -0.4 is 4.74 Å². The van der Waals surface area contributed by atoms with Crippen LogP contribution in [0.1, 0.15) is 11.1 Å². The van der Waals surface area contributed by atoms with E-state index in [2.05, 4.69) is 15.9 Å². The van der Waals surface area contributed by atoms with E-state index in [1.807, 2.05) is 48.5 Å². The van der Waals surface area contributed by atoms with Gasteiger partial charge in [-0.15, -0.1) is 0 Å². The molecular formula is C16H13BrO3. The molecule has 0 bridgehead atoms. The fourth-order valence-electron chi connectivity index (χ4n) is 1.68. The Morgan fingerprint density at radius 3 is 2.65 bits per heavy atom. The number of carboxylic acids is 1. The van der Waals surface area contributed by atoms with Crippen LogP contribution in [0.25, 0.3) is 6.08 Å². The van der Waals surface area contributed by atoms with Gasteiger partial charge in [0.15, 0.2) is 0 Å². The molecule has 0 saturated heterocycles. The van der Waals surface area contributed by atoms with E-state index >= 15 is 0 Å². The number of ether oxygens (including phenoxy) is 1. The summed E-state index contributed by atoms with van der Waals surface area (Å²) in [6, 6.07) is 15.3. The van der Waals surface area contributed by atoms with Crippen molar-refractivity contribution in [2.24, 2.45) is 0 Å².